The predicted molar refractivity (Wildman–Crippen MR) is 88.0 cm³/mol. The maximum atomic E-state index is 12.5. The van der Waals surface area contributed by atoms with Gasteiger partial charge >= 0.3 is 6.18 Å². The summed E-state index contributed by atoms with van der Waals surface area (Å²) >= 11 is 0. The van der Waals surface area contributed by atoms with Crippen LogP contribution < -0.4 is 5.32 Å². The van der Waals surface area contributed by atoms with Crippen molar-refractivity contribution >= 4 is 17.5 Å². The monoisotopic (exact) mass is 382 g/mol. The van der Waals surface area contributed by atoms with Crippen LogP contribution in [-0.2, 0) is 9.59 Å². The summed E-state index contributed by atoms with van der Waals surface area (Å²) in [5, 5.41) is 13.9. The molecule has 1 saturated heterocycles. The minimum Gasteiger partial charge on any atom is -0.333 e. The lowest BCUT2D eigenvalue weighted by molar-refractivity contribution is -0.157. The van der Waals surface area contributed by atoms with Crippen LogP contribution in [0.2, 0.25) is 0 Å². The summed E-state index contributed by atoms with van der Waals surface area (Å²) in [6.45, 7) is 1.98. The summed E-state index contributed by atoms with van der Waals surface area (Å²) < 4.78 is 39.0. The van der Waals surface area contributed by atoms with E-state index in [-0.39, 0.29) is 13.0 Å². The highest BCUT2D eigenvalue weighted by Gasteiger charge is 2.40. The normalized spacial score (nSPS) is 17.4. The first-order valence-corrected chi connectivity index (χ1v) is 8.15. The van der Waals surface area contributed by atoms with Crippen molar-refractivity contribution in [3.05, 3.63) is 29.6 Å². The largest absolute Gasteiger partial charge is 0.406 e. The third-order valence-corrected chi connectivity index (χ3v) is 4.29. The van der Waals surface area contributed by atoms with Crippen molar-refractivity contribution in [1.82, 2.24) is 25.1 Å². The van der Waals surface area contributed by atoms with Gasteiger partial charge < -0.3 is 10.2 Å². The van der Waals surface area contributed by atoms with Gasteiger partial charge in [-0.1, -0.05) is 6.07 Å². The highest BCUT2D eigenvalue weighted by Crippen LogP contribution is 2.25. The fraction of sp³-hybridized carbons (Fsp3) is 0.438. The lowest BCUT2D eigenvalue weighted by Gasteiger charge is -2.18. The Morgan fingerprint density at radius 1 is 1.33 bits per heavy atom. The third-order valence-electron chi connectivity index (χ3n) is 4.29. The second-order valence-corrected chi connectivity index (χ2v) is 6.42. The number of amides is 2. The summed E-state index contributed by atoms with van der Waals surface area (Å²) in [5.74, 6) is -1.46. The fourth-order valence-corrected chi connectivity index (χ4v) is 2.93. The Balaban J connectivity index is 1.72. The first-order chi connectivity index (χ1) is 12.6. The predicted octanol–water partition coefficient (Wildman–Crippen LogP) is 1.63. The molecule has 144 valence electrons. The van der Waals surface area contributed by atoms with E-state index in [9.17, 15) is 22.8 Å². The maximum absolute atomic E-state index is 12.5. The number of rotatable bonds is 4. The Morgan fingerprint density at radius 3 is 2.70 bits per heavy atom. The summed E-state index contributed by atoms with van der Waals surface area (Å²) in [6, 6.07) is 5.10. The van der Waals surface area contributed by atoms with Gasteiger partial charge in [0.05, 0.1) is 11.6 Å². The molecule has 1 unspecified atom stereocenters. The SMILES string of the molecule is Cc1ccc(NC(=O)C2CC(=O)N(CC(F)(F)F)C2)cc1-n1nnnc1C. The lowest BCUT2D eigenvalue weighted by Crippen LogP contribution is -2.36. The van der Waals surface area contributed by atoms with Crippen molar-refractivity contribution in [3.63, 3.8) is 0 Å². The minimum absolute atomic E-state index is 0.243. The van der Waals surface area contributed by atoms with Gasteiger partial charge in [-0.05, 0) is 42.0 Å². The summed E-state index contributed by atoms with van der Waals surface area (Å²) in [5.41, 5.74) is 1.98. The molecule has 1 fully saturated rings. The van der Waals surface area contributed by atoms with Crippen LogP contribution >= 0.6 is 0 Å². The summed E-state index contributed by atoms with van der Waals surface area (Å²) in [4.78, 5) is 24.8. The fourth-order valence-electron chi connectivity index (χ4n) is 2.93. The first kappa shape index (κ1) is 18.8. The average molecular weight is 382 g/mol. The highest BCUT2D eigenvalue weighted by molar-refractivity contribution is 5.97. The van der Waals surface area contributed by atoms with E-state index in [0.717, 1.165) is 5.56 Å². The van der Waals surface area contributed by atoms with E-state index in [2.05, 4.69) is 20.8 Å². The van der Waals surface area contributed by atoms with Gasteiger partial charge in [-0.3, -0.25) is 9.59 Å². The Morgan fingerprint density at radius 2 is 2.07 bits per heavy atom. The van der Waals surface area contributed by atoms with Crippen molar-refractivity contribution in [3.8, 4) is 5.69 Å². The number of alkyl halides is 3. The molecule has 1 aromatic carbocycles. The number of halogens is 3. The third kappa shape index (κ3) is 4.23. The van der Waals surface area contributed by atoms with Gasteiger partial charge in [0.1, 0.15) is 6.54 Å². The molecule has 1 aromatic heterocycles. The molecule has 2 amide bonds. The van der Waals surface area contributed by atoms with Crippen LogP contribution in [0.25, 0.3) is 5.69 Å². The molecule has 27 heavy (non-hydrogen) atoms. The number of benzene rings is 1. The van der Waals surface area contributed by atoms with E-state index >= 15 is 0 Å². The smallest absolute Gasteiger partial charge is 0.333 e. The number of nitrogens with zero attached hydrogens (tertiary/aromatic N) is 5. The molecule has 0 bridgehead atoms. The number of carbonyl (C=O) groups excluding carboxylic acids is 2. The molecule has 2 heterocycles. The number of hydrogen-bond donors (Lipinski definition) is 1. The Kier molecular flexibility index (Phi) is 4.85. The van der Waals surface area contributed by atoms with Crippen LogP contribution in [0.1, 0.15) is 17.8 Å². The minimum atomic E-state index is -4.49. The topological polar surface area (TPSA) is 93.0 Å². The lowest BCUT2D eigenvalue weighted by atomic mass is 10.1. The molecular weight excluding hydrogens is 365 g/mol. The molecule has 1 N–H and O–H groups in total. The summed E-state index contributed by atoms with van der Waals surface area (Å²) in [6.07, 6.45) is -4.73. The van der Waals surface area contributed by atoms with E-state index in [1.165, 1.54) is 4.68 Å². The van der Waals surface area contributed by atoms with Crippen LogP contribution in [0.15, 0.2) is 18.2 Å². The number of hydrogen-bond acceptors (Lipinski definition) is 5. The standard InChI is InChI=1S/C16H17F3N6O2/c1-9-3-4-12(6-13(9)25-10(2)21-22-23-25)20-15(27)11-5-14(26)24(7-11)8-16(17,18)19/h3-4,6,11H,5,7-8H2,1-2H3,(H,20,27). The summed E-state index contributed by atoms with van der Waals surface area (Å²) in [7, 11) is 0. The van der Waals surface area contributed by atoms with Gasteiger partial charge in [-0.25, -0.2) is 0 Å². The van der Waals surface area contributed by atoms with Crippen molar-refractivity contribution in [2.24, 2.45) is 5.92 Å². The second-order valence-electron chi connectivity index (χ2n) is 6.42. The second kappa shape index (κ2) is 6.97. The van der Waals surface area contributed by atoms with Crippen LogP contribution in [0, 0.1) is 19.8 Å². The molecule has 0 spiro atoms. The number of carbonyl (C=O) groups is 2. The molecule has 0 aliphatic carbocycles. The molecule has 1 aliphatic heterocycles. The number of aryl methyl sites for hydroxylation is 2. The Hall–Kier alpha value is -2.98. The zero-order valence-corrected chi connectivity index (χ0v) is 14.6. The number of anilines is 1. The van der Waals surface area contributed by atoms with Crippen LogP contribution in [-0.4, -0.2) is 56.2 Å². The zero-order valence-electron chi connectivity index (χ0n) is 14.6. The van der Waals surface area contributed by atoms with Crippen molar-refractivity contribution < 1.29 is 22.8 Å². The Labute approximate surface area is 152 Å². The van der Waals surface area contributed by atoms with Crippen molar-refractivity contribution in [2.45, 2.75) is 26.4 Å². The van der Waals surface area contributed by atoms with Gasteiger partial charge in [0.25, 0.3) is 0 Å². The molecular formula is C16H17F3N6O2. The van der Waals surface area contributed by atoms with E-state index in [1.807, 2.05) is 6.92 Å². The van der Waals surface area contributed by atoms with Gasteiger partial charge in [-0.15, -0.1) is 5.10 Å². The zero-order chi connectivity index (χ0) is 19.8. The molecule has 3 rings (SSSR count). The van der Waals surface area contributed by atoms with E-state index < -0.39 is 30.5 Å². The highest BCUT2D eigenvalue weighted by atomic mass is 19.4. The molecule has 1 aliphatic rings. The number of nitrogens with one attached hydrogen (secondary N) is 1. The molecule has 0 saturated carbocycles. The molecule has 11 heteroatoms. The maximum Gasteiger partial charge on any atom is 0.406 e. The van der Waals surface area contributed by atoms with Crippen molar-refractivity contribution in [2.75, 3.05) is 18.4 Å². The first-order valence-electron chi connectivity index (χ1n) is 8.15. The number of likely N-dealkylation sites (tertiary alicyclic amines) is 1. The van der Waals surface area contributed by atoms with Crippen LogP contribution in [0.3, 0.4) is 0 Å². The van der Waals surface area contributed by atoms with Gasteiger partial charge in [-0.2, -0.15) is 17.9 Å². The number of aromatic nitrogens is 4. The molecule has 8 nitrogen and oxygen atoms in total. The van der Waals surface area contributed by atoms with Gasteiger partial charge in [0, 0.05) is 18.7 Å². The van der Waals surface area contributed by atoms with E-state index in [4.69, 9.17) is 0 Å². The van der Waals surface area contributed by atoms with E-state index in [0.29, 0.717) is 22.1 Å². The number of tetrazole rings is 1. The van der Waals surface area contributed by atoms with Gasteiger partial charge in [0.15, 0.2) is 5.82 Å². The van der Waals surface area contributed by atoms with Gasteiger partial charge in [0.2, 0.25) is 11.8 Å². The quantitative estimate of drug-likeness (QED) is 0.868. The van der Waals surface area contributed by atoms with Crippen molar-refractivity contribution in [1.29, 1.82) is 0 Å². The van der Waals surface area contributed by atoms with Crippen LogP contribution in [0.5, 0.6) is 0 Å². The average Bonchev–Trinajstić information content (AvgIpc) is 3.14. The van der Waals surface area contributed by atoms with Crippen LogP contribution in [0.4, 0.5) is 18.9 Å². The molecule has 0 radical (unpaired) electrons. The Bertz CT molecular complexity index is 879. The molecule has 1 atom stereocenters. The molecule has 2 aromatic rings. The van der Waals surface area contributed by atoms with E-state index in [1.54, 1.807) is 25.1 Å².